The molecule has 0 amide bonds. The van der Waals surface area contributed by atoms with Crippen LogP contribution in [0.15, 0.2) is 0 Å². The van der Waals surface area contributed by atoms with Crippen LogP contribution in [0.1, 0.15) is 13.3 Å². The fourth-order valence-electron chi connectivity index (χ4n) is 0.839. The fraction of sp³-hybridized carbons (Fsp3) is 1.00. The van der Waals surface area contributed by atoms with Crippen molar-refractivity contribution in [2.24, 2.45) is 0 Å². The summed E-state index contributed by atoms with van der Waals surface area (Å²) >= 11 is 1.65. The van der Waals surface area contributed by atoms with Crippen LogP contribution in [0.5, 0.6) is 0 Å². The topological polar surface area (TPSA) is 58.2 Å². The summed E-state index contributed by atoms with van der Waals surface area (Å²) in [6.07, 6.45) is 2.62. The third-order valence-corrected chi connectivity index (χ3v) is 4.24. The van der Waals surface area contributed by atoms with Crippen molar-refractivity contribution in [3.05, 3.63) is 0 Å². The summed E-state index contributed by atoms with van der Waals surface area (Å²) in [4.78, 5) is 0. The standard InChI is InChI=1S/C8H20N2O2S2/c1-8(13-3)7-10-14(11,12)6-4-5-9-2/h8-10H,4-7H2,1-3H3. The SMILES string of the molecule is CNCCCS(=O)(=O)NCC(C)SC. The number of nitrogens with one attached hydrogen (secondary N) is 2. The van der Waals surface area contributed by atoms with Crippen molar-refractivity contribution < 1.29 is 8.42 Å². The number of thioether (sulfide) groups is 1. The highest BCUT2D eigenvalue weighted by atomic mass is 32.2. The van der Waals surface area contributed by atoms with Gasteiger partial charge in [-0.15, -0.1) is 0 Å². The van der Waals surface area contributed by atoms with Gasteiger partial charge in [-0.25, -0.2) is 13.1 Å². The average Bonchev–Trinajstić information content (AvgIpc) is 2.14. The molecule has 0 saturated carbocycles. The minimum absolute atomic E-state index is 0.203. The van der Waals surface area contributed by atoms with Crippen LogP contribution >= 0.6 is 11.8 Å². The molecule has 0 rings (SSSR count). The molecule has 1 unspecified atom stereocenters. The third-order valence-electron chi connectivity index (χ3n) is 1.83. The van der Waals surface area contributed by atoms with E-state index in [2.05, 4.69) is 10.0 Å². The Kier molecular flexibility index (Phi) is 7.62. The predicted molar refractivity (Wildman–Crippen MR) is 63.3 cm³/mol. The molecule has 0 fully saturated rings. The minimum atomic E-state index is -3.06. The van der Waals surface area contributed by atoms with Gasteiger partial charge < -0.3 is 5.32 Å². The molecule has 86 valence electrons. The molecule has 6 heteroatoms. The van der Waals surface area contributed by atoms with Gasteiger partial charge in [0.2, 0.25) is 10.0 Å². The second kappa shape index (κ2) is 7.50. The van der Waals surface area contributed by atoms with E-state index in [1.807, 2.05) is 20.2 Å². The van der Waals surface area contributed by atoms with Gasteiger partial charge in [-0.3, -0.25) is 0 Å². The van der Waals surface area contributed by atoms with Crippen molar-refractivity contribution in [3.63, 3.8) is 0 Å². The van der Waals surface area contributed by atoms with E-state index in [4.69, 9.17) is 0 Å². The summed E-state index contributed by atoms with van der Waals surface area (Å²) in [6, 6.07) is 0. The second-order valence-corrected chi connectivity index (χ2v) is 6.37. The first-order valence-corrected chi connectivity index (χ1v) is 7.60. The van der Waals surface area contributed by atoms with Gasteiger partial charge in [-0.1, -0.05) is 6.92 Å². The first-order chi connectivity index (χ1) is 6.52. The van der Waals surface area contributed by atoms with E-state index < -0.39 is 10.0 Å². The van der Waals surface area contributed by atoms with Crippen LogP contribution in [0.2, 0.25) is 0 Å². The monoisotopic (exact) mass is 240 g/mol. The molecule has 0 saturated heterocycles. The largest absolute Gasteiger partial charge is 0.320 e. The van der Waals surface area contributed by atoms with E-state index in [1.54, 1.807) is 11.8 Å². The molecule has 0 spiro atoms. The van der Waals surface area contributed by atoms with Gasteiger partial charge in [0.1, 0.15) is 0 Å². The van der Waals surface area contributed by atoms with Crippen molar-refractivity contribution in [3.8, 4) is 0 Å². The Morgan fingerprint density at radius 3 is 2.57 bits per heavy atom. The van der Waals surface area contributed by atoms with E-state index in [1.165, 1.54) is 0 Å². The van der Waals surface area contributed by atoms with Gasteiger partial charge in [-0.2, -0.15) is 11.8 Å². The first kappa shape index (κ1) is 14.2. The lowest BCUT2D eigenvalue weighted by Gasteiger charge is -2.10. The van der Waals surface area contributed by atoms with Crippen LogP contribution in [0.4, 0.5) is 0 Å². The summed E-state index contributed by atoms with van der Waals surface area (Å²) in [5.41, 5.74) is 0. The molecule has 0 aromatic heterocycles. The molecule has 2 N–H and O–H groups in total. The van der Waals surface area contributed by atoms with Gasteiger partial charge in [-0.05, 0) is 26.3 Å². The molecular formula is C8H20N2O2S2. The zero-order valence-corrected chi connectivity index (χ0v) is 10.7. The van der Waals surface area contributed by atoms with Crippen molar-refractivity contribution in [2.75, 3.05) is 32.1 Å². The van der Waals surface area contributed by atoms with Crippen LogP contribution in [-0.4, -0.2) is 45.8 Å². The van der Waals surface area contributed by atoms with Crippen molar-refractivity contribution >= 4 is 21.8 Å². The van der Waals surface area contributed by atoms with E-state index in [0.29, 0.717) is 18.2 Å². The summed E-state index contributed by atoms with van der Waals surface area (Å²) in [5.74, 6) is 0.203. The molecule has 0 aliphatic heterocycles. The Balaban J connectivity index is 3.73. The zero-order valence-electron chi connectivity index (χ0n) is 9.04. The third kappa shape index (κ3) is 7.61. The highest BCUT2D eigenvalue weighted by Gasteiger charge is 2.10. The van der Waals surface area contributed by atoms with Gasteiger partial charge >= 0.3 is 0 Å². The molecule has 0 aliphatic carbocycles. The molecule has 14 heavy (non-hydrogen) atoms. The first-order valence-electron chi connectivity index (χ1n) is 4.66. The van der Waals surface area contributed by atoms with Crippen molar-refractivity contribution in [1.82, 2.24) is 10.0 Å². The Hall–Kier alpha value is 0.220. The molecule has 0 radical (unpaired) electrons. The minimum Gasteiger partial charge on any atom is -0.320 e. The van der Waals surface area contributed by atoms with Crippen LogP contribution in [0.25, 0.3) is 0 Å². The molecular weight excluding hydrogens is 220 g/mol. The van der Waals surface area contributed by atoms with Crippen LogP contribution in [0, 0.1) is 0 Å². The van der Waals surface area contributed by atoms with Crippen molar-refractivity contribution in [1.29, 1.82) is 0 Å². The molecule has 0 aromatic carbocycles. The lowest BCUT2D eigenvalue weighted by molar-refractivity contribution is 0.577. The highest BCUT2D eigenvalue weighted by molar-refractivity contribution is 7.99. The number of hydrogen-bond donors (Lipinski definition) is 2. The van der Waals surface area contributed by atoms with Crippen LogP contribution in [-0.2, 0) is 10.0 Å². The molecule has 0 heterocycles. The second-order valence-electron chi connectivity index (χ2n) is 3.17. The quantitative estimate of drug-likeness (QED) is 0.598. The Labute approximate surface area is 91.3 Å². The fourth-order valence-corrected chi connectivity index (χ4v) is 2.37. The smallest absolute Gasteiger partial charge is 0.211 e. The predicted octanol–water partition coefficient (Wildman–Crippen LogP) is 0.267. The summed E-state index contributed by atoms with van der Waals surface area (Å²) < 4.78 is 25.3. The van der Waals surface area contributed by atoms with Gasteiger partial charge in [0.25, 0.3) is 0 Å². The lowest BCUT2D eigenvalue weighted by Crippen LogP contribution is -2.32. The molecule has 0 aromatic rings. The molecule has 1 atom stereocenters. The Morgan fingerprint density at radius 2 is 2.07 bits per heavy atom. The highest BCUT2D eigenvalue weighted by Crippen LogP contribution is 2.03. The lowest BCUT2D eigenvalue weighted by atomic mass is 10.5. The van der Waals surface area contributed by atoms with E-state index in [9.17, 15) is 8.42 Å². The molecule has 0 aliphatic rings. The maximum Gasteiger partial charge on any atom is 0.211 e. The van der Waals surface area contributed by atoms with E-state index in [-0.39, 0.29) is 5.75 Å². The van der Waals surface area contributed by atoms with E-state index >= 15 is 0 Å². The normalized spacial score (nSPS) is 14.2. The van der Waals surface area contributed by atoms with Gasteiger partial charge in [0.05, 0.1) is 5.75 Å². The number of hydrogen-bond acceptors (Lipinski definition) is 4. The Bertz CT molecular complexity index is 229. The number of rotatable bonds is 8. The molecule has 4 nitrogen and oxygen atoms in total. The van der Waals surface area contributed by atoms with Crippen molar-refractivity contribution in [2.45, 2.75) is 18.6 Å². The van der Waals surface area contributed by atoms with Gasteiger partial charge in [0.15, 0.2) is 0 Å². The van der Waals surface area contributed by atoms with Crippen LogP contribution in [0.3, 0.4) is 0 Å². The van der Waals surface area contributed by atoms with Gasteiger partial charge in [0, 0.05) is 11.8 Å². The zero-order chi connectivity index (χ0) is 11.0. The number of sulfonamides is 1. The molecule has 0 bridgehead atoms. The maximum atomic E-state index is 11.4. The maximum absolute atomic E-state index is 11.4. The summed E-state index contributed by atoms with van der Waals surface area (Å²) in [7, 11) is -1.25. The Morgan fingerprint density at radius 1 is 1.43 bits per heavy atom. The van der Waals surface area contributed by atoms with Crippen LogP contribution < -0.4 is 10.0 Å². The van der Waals surface area contributed by atoms with E-state index in [0.717, 1.165) is 6.54 Å². The summed E-state index contributed by atoms with van der Waals surface area (Å²) in [5, 5.41) is 3.25. The average molecular weight is 240 g/mol. The summed E-state index contributed by atoms with van der Waals surface area (Å²) in [6.45, 7) is 3.25.